The fraction of sp³-hybridized carbons (Fsp3) is 0.370. The number of fused-ring (bicyclic) bond motifs is 3. The molecule has 0 saturated carbocycles. The maximum absolute atomic E-state index is 13.8. The van der Waals surface area contributed by atoms with Gasteiger partial charge in [-0.2, -0.15) is 5.10 Å². The van der Waals surface area contributed by atoms with E-state index < -0.39 is 0 Å². The topological polar surface area (TPSA) is 105 Å². The number of anilines is 1. The third kappa shape index (κ3) is 4.04. The van der Waals surface area contributed by atoms with Crippen molar-refractivity contribution in [2.24, 2.45) is 7.05 Å². The maximum Gasteiger partial charge on any atom is 0.260 e. The minimum absolute atomic E-state index is 0.0145. The molecule has 5 aromatic rings. The number of aromatic nitrogens is 7. The molecule has 11 heteroatoms. The number of hydrogen-bond acceptors (Lipinski definition) is 7. The molecule has 38 heavy (non-hydrogen) atoms. The molecule has 0 bridgehead atoms. The van der Waals surface area contributed by atoms with Gasteiger partial charge in [0, 0.05) is 42.4 Å². The van der Waals surface area contributed by atoms with Crippen LogP contribution in [0.2, 0.25) is 5.15 Å². The molecule has 4 aromatic heterocycles. The van der Waals surface area contributed by atoms with Crippen LogP contribution in [-0.4, -0.2) is 47.3 Å². The number of rotatable bonds is 6. The fourth-order valence-electron chi connectivity index (χ4n) is 5.42. The fourth-order valence-corrected chi connectivity index (χ4v) is 5.57. The predicted octanol–water partition coefficient (Wildman–Crippen LogP) is 4.66. The van der Waals surface area contributed by atoms with Gasteiger partial charge in [-0.05, 0) is 56.5 Å². The molecule has 0 amide bonds. The summed E-state index contributed by atoms with van der Waals surface area (Å²) >= 11 is 6.24. The van der Waals surface area contributed by atoms with Gasteiger partial charge in [0.05, 0.1) is 24.5 Å². The minimum Gasteiger partial charge on any atom is -0.379 e. The molecule has 1 aliphatic heterocycles. The summed E-state index contributed by atoms with van der Waals surface area (Å²) < 4.78 is 11.1. The molecule has 1 aromatic carbocycles. The van der Waals surface area contributed by atoms with Crippen LogP contribution in [0.1, 0.15) is 43.5 Å². The smallest absolute Gasteiger partial charge is 0.260 e. The van der Waals surface area contributed by atoms with Gasteiger partial charge in [0.2, 0.25) is 5.82 Å². The van der Waals surface area contributed by atoms with Crippen LogP contribution >= 0.6 is 11.6 Å². The van der Waals surface area contributed by atoms with Crippen molar-refractivity contribution < 1.29 is 4.74 Å². The van der Waals surface area contributed by atoms with E-state index in [0.29, 0.717) is 41.8 Å². The Bertz CT molecular complexity index is 1730. The van der Waals surface area contributed by atoms with Crippen LogP contribution in [0.15, 0.2) is 41.6 Å². The highest BCUT2D eigenvalue weighted by molar-refractivity contribution is 6.29. The predicted molar refractivity (Wildman–Crippen MR) is 148 cm³/mol. The van der Waals surface area contributed by atoms with Gasteiger partial charge in [-0.25, -0.2) is 14.6 Å². The molecule has 5 heterocycles. The molecular weight excluding hydrogens is 504 g/mol. The first-order valence-corrected chi connectivity index (χ1v) is 13.1. The van der Waals surface area contributed by atoms with E-state index in [9.17, 15) is 4.79 Å². The number of nitrogens with zero attached hydrogens (tertiary/aromatic N) is 7. The lowest BCUT2D eigenvalue weighted by atomic mass is 9.95. The maximum atomic E-state index is 13.8. The lowest BCUT2D eigenvalue weighted by Gasteiger charge is -2.21. The van der Waals surface area contributed by atoms with Crippen LogP contribution in [0.5, 0.6) is 0 Å². The van der Waals surface area contributed by atoms with Crippen LogP contribution in [0, 0.1) is 6.92 Å². The van der Waals surface area contributed by atoms with Gasteiger partial charge in [-0.15, -0.1) is 5.10 Å². The van der Waals surface area contributed by atoms with Crippen molar-refractivity contribution in [3.05, 3.63) is 63.4 Å². The molecular formula is C27H29ClN8O2. The Labute approximate surface area is 224 Å². The highest BCUT2D eigenvalue weighted by atomic mass is 35.5. The third-order valence-corrected chi connectivity index (χ3v) is 7.37. The summed E-state index contributed by atoms with van der Waals surface area (Å²) in [5.41, 5.74) is 4.15. The molecule has 2 atom stereocenters. The van der Waals surface area contributed by atoms with Gasteiger partial charge in [-0.1, -0.05) is 17.7 Å². The molecule has 1 N–H and O–H groups in total. The molecule has 196 valence electrons. The first-order chi connectivity index (χ1) is 18.4. The molecule has 1 aliphatic rings. The molecule has 0 spiro atoms. The Morgan fingerprint density at radius 2 is 2.11 bits per heavy atom. The second kappa shape index (κ2) is 9.52. The van der Waals surface area contributed by atoms with Crippen molar-refractivity contribution in [3.63, 3.8) is 0 Å². The quantitative estimate of drug-likeness (QED) is 0.317. The van der Waals surface area contributed by atoms with Gasteiger partial charge in [0.25, 0.3) is 5.56 Å². The van der Waals surface area contributed by atoms with Crippen LogP contribution in [0.25, 0.3) is 33.3 Å². The van der Waals surface area contributed by atoms with Crippen LogP contribution in [0.4, 0.5) is 5.69 Å². The second-order valence-electron chi connectivity index (χ2n) is 9.81. The Hall–Kier alpha value is -3.76. The molecule has 0 radical (unpaired) electrons. The largest absolute Gasteiger partial charge is 0.379 e. The summed E-state index contributed by atoms with van der Waals surface area (Å²) in [4.78, 5) is 22.7. The van der Waals surface area contributed by atoms with E-state index in [1.165, 1.54) is 0 Å². The van der Waals surface area contributed by atoms with Crippen molar-refractivity contribution in [2.45, 2.75) is 45.8 Å². The number of aryl methyl sites for hydroxylation is 3. The average Bonchev–Trinajstić information content (AvgIpc) is 3.66. The monoisotopic (exact) mass is 532 g/mol. The Morgan fingerprint density at radius 3 is 2.82 bits per heavy atom. The highest BCUT2D eigenvalue weighted by Crippen LogP contribution is 2.35. The summed E-state index contributed by atoms with van der Waals surface area (Å²) in [6.45, 7) is 7.94. The van der Waals surface area contributed by atoms with Crippen LogP contribution in [0.3, 0.4) is 0 Å². The van der Waals surface area contributed by atoms with E-state index in [0.717, 1.165) is 39.7 Å². The number of pyridine rings is 2. The zero-order valence-corrected chi connectivity index (χ0v) is 22.5. The summed E-state index contributed by atoms with van der Waals surface area (Å²) in [5.74, 6) is 0.479. The Kier molecular flexibility index (Phi) is 6.16. The number of ether oxygens (including phenoxy) is 1. The van der Waals surface area contributed by atoms with Gasteiger partial charge in [0.15, 0.2) is 0 Å². The number of nitrogens with one attached hydrogen (secondary N) is 1. The molecule has 10 nitrogen and oxygen atoms in total. The Morgan fingerprint density at radius 1 is 1.26 bits per heavy atom. The minimum atomic E-state index is -0.180. The summed E-state index contributed by atoms with van der Waals surface area (Å²) in [7, 11) is 1.81. The summed E-state index contributed by atoms with van der Waals surface area (Å²) in [6, 6.07) is 7.66. The third-order valence-electron chi connectivity index (χ3n) is 7.16. The lowest BCUT2D eigenvalue weighted by molar-refractivity contribution is 0.185. The van der Waals surface area contributed by atoms with Gasteiger partial charge in [0.1, 0.15) is 22.8 Å². The first-order valence-electron chi connectivity index (χ1n) is 12.8. The second-order valence-corrected chi connectivity index (χ2v) is 10.2. The van der Waals surface area contributed by atoms with Gasteiger partial charge in [-0.3, -0.25) is 14.0 Å². The van der Waals surface area contributed by atoms with Crippen molar-refractivity contribution in [1.82, 2.24) is 34.1 Å². The average molecular weight is 533 g/mol. The highest BCUT2D eigenvalue weighted by Gasteiger charge is 2.26. The summed E-state index contributed by atoms with van der Waals surface area (Å²) in [5, 5.41) is 15.7. The lowest BCUT2D eigenvalue weighted by Crippen LogP contribution is -2.24. The van der Waals surface area contributed by atoms with E-state index in [2.05, 4.69) is 33.4 Å². The van der Waals surface area contributed by atoms with E-state index in [1.54, 1.807) is 17.1 Å². The number of benzene rings is 1. The van der Waals surface area contributed by atoms with E-state index >= 15 is 0 Å². The Balaban J connectivity index is 1.53. The zero-order chi connectivity index (χ0) is 26.6. The van der Waals surface area contributed by atoms with E-state index in [-0.39, 0.29) is 17.6 Å². The van der Waals surface area contributed by atoms with Crippen molar-refractivity contribution >= 4 is 39.1 Å². The van der Waals surface area contributed by atoms with Crippen molar-refractivity contribution in [2.75, 3.05) is 18.5 Å². The molecule has 6 rings (SSSR count). The molecule has 1 saturated heterocycles. The first kappa shape index (κ1) is 24.6. The molecule has 0 aliphatic carbocycles. The van der Waals surface area contributed by atoms with Crippen molar-refractivity contribution in [1.29, 1.82) is 0 Å². The van der Waals surface area contributed by atoms with E-state index in [1.807, 2.05) is 48.5 Å². The standard InChI is InChI=1S/C27H29ClN8O2/c1-5-35-26-20(12-30-36(26)17-8-9-38-13-17)23-18(10-15(2)11-19(23)27(35)37)16(3)31-21-6-7-22(28)32-24(21)25-29-14-34(4)33-25/h6-7,10-12,14,16-17,31H,5,8-9,13H2,1-4H3/t16?,17-/m0/s1. The number of hydrogen-bond donors (Lipinski definition) is 1. The van der Waals surface area contributed by atoms with Gasteiger partial charge < -0.3 is 10.1 Å². The van der Waals surface area contributed by atoms with Crippen molar-refractivity contribution in [3.8, 4) is 11.5 Å². The van der Waals surface area contributed by atoms with E-state index in [4.69, 9.17) is 21.4 Å². The summed E-state index contributed by atoms with van der Waals surface area (Å²) in [6.07, 6.45) is 4.39. The molecule has 1 unspecified atom stereocenters. The normalized spacial score (nSPS) is 16.5. The SMILES string of the molecule is CCn1c(=O)c2cc(C)cc(C(C)Nc3ccc(Cl)nc3-c3ncn(C)n3)c2c2cnn([C@H]3CCOC3)c21. The number of halogens is 1. The van der Waals surface area contributed by atoms with Gasteiger partial charge >= 0.3 is 0 Å². The van der Waals surface area contributed by atoms with Crippen LogP contribution in [-0.2, 0) is 18.3 Å². The van der Waals surface area contributed by atoms with Crippen LogP contribution < -0.4 is 10.9 Å². The zero-order valence-electron chi connectivity index (χ0n) is 21.8. The molecule has 1 fully saturated rings.